The van der Waals surface area contributed by atoms with Gasteiger partial charge < -0.3 is 29.7 Å². The van der Waals surface area contributed by atoms with Crippen LogP contribution in [-0.2, 0) is 11.3 Å². The summed E-state index contributed by atoms with van der Waals surface area (Å²) in [6, 6.07) is 5.81. The maximum absolute atomic E-state index is 5.91. The lowest BCUT2D eigenvalue weighted by Gasteiger charge is -2.20. The quantitative estimate of drug-likeness (QED) is 0.844. The molecule has 7 heteroatoms. The Hall–Kier alpha value is -2.67. The van der Waals surface area contributed by atoms with Crippen LogP contribution in [0.25, 0.3) is 0 Å². The largest absolute Gasteiger partial charge is 0.493 e. The average molecular weight is 331 g/mol. The van der Waals surface area contributed by atoms with Gasteiger partial charge in [0.2, 0.25) is 5.88 Å². The molecule has 2 aromatic rings. The highest BCUT2D eigenvalue weighted by molar-refractivity contribution is 5.49. The van der Waals surface area contributed by atoms with E-state index in [0.29, 0.717) is 42.3 Å². The number of methoxy groups -OCH3 is 2. The monoisotopic (exact) mass is 331 g/mol. The van der Waals surface area contributed by atoms with Crippen molar-refractivity contribution in [3.8, 4) is 17.4 Å². The number of hydrogen-bond donors (Lipinski definition) is 2. The van der Waals surface area contributed by atoms with Crippen molar-refractivity contribution in [3.05, 3.63) is 47.2 Å². The molecule has 1 aliphatic heterocycles. The van der Waals surface area contributed by atoms with Crippen molar-refractivity contribution in [1.29, 1.82) is 0 Å². The van der Waals surface area contributed by atoms with E-state index in [1.165, 1.54) is 0 Å². The van der Waals surface area contributed by atoms with Crippen molar-refractivity contribution >= 4 is 0 Å². The fraction of sp³-hybridized carbons (Fsp3) is 0.353. The van der Waals surface area contributed by atoms with Gasteiger partial charge in [-0.15, -0.1) is 0 Å². The minimum absolute atomic E-state index is 0.114. The molecule has 0 saturated carbocycles. The summed E-state index contributed by atoms with van der Waals surface area (Å²) in [5.41, 5.74) is 7.74. The topological polar surface area (TPSA) is 91.6 Å². The molecule has 2 heterocycles. The molecule has 3 rings (SSSR count). The van der Waals surface area contributed by atoms with E-state index >= 15 is 0 Å². The molecule has 0 amide bonds. The fourth-order valence-electron chi connectivity index (χ4n) is 2.72. The van der Waals surface area contributed by atoms with Gasteiger partial charge in [-0.25, -0.2) is 0 Å². The highest BCUT2D eigenvalue weighted by Crippen LogP contribution is 2.39. The van der Waals surface area contributed by atoms with E-state index in [4.69, 9.17) is 24.7 Å². The number of H-pyrrole nitrogens is 1. The summed E-state index contributed by atoms with van der Waals surface area (Å²) in [5, 5.41) is 0. The van der Waals surface area contributed by atoms with E-state index in [2.05, 4.69) is 9.97 Å². The summed E-state index contributed by atoms with van der Waals surface area (Å²) in [5.74, 6) is 2.74. The predicted molar refractivity (Wildman–Crippen MR) is 88.2 cm³/mol. The number of nitrogens with two attached hydrogens (primary N) is 1. The fourth-order valence-corrected chi connectivity index (χ4v) is 2.72. The molecule has 7 nitrogen and oxygen atoms in total. The van der Waals surface area contributed by atoms with Crippen LogP contribution in [0, 0.1) is 0 Å². The highest BCUT2D eigenvalue weighted by Gasteiger charge is 2.27. The Balaban J connectivity index is 2.00. The molecule has 1 aliphatic rings. The maximum Gasteiger partial charge on any atom is 0.243 e. The molecule has 3 N–H and O–H groups in total. The number of fused-ring (bicyclic) bond motifs is 1. The molecule has 0 saturated heterocycles. The zero-order chi connectivity index (χ0) is 17.1. The van der Waals surface area contributed by atoms with Gasteiger partial charge >= 0.3 is 0 Å². The minimum Gasteiger partial charge on any atom is -0.493 e. The second-order valence-corrected chi connectivity index (χ2v) is 5.33. The summed E-state index contributed by atoms with van der Waals surface area (Å²) >= 11 is 0. The summed E-state index contributed by atoms with van der Waals surface area (Å²) in [6.45, 7) is 2.88. The van der Waals surface area contributed by atoms with Gasteiger partial charge in [-0.1, -0.05) is 6.07 Å². The average Bonchev–Trinajstić information content (AvgIpc) is 2.97. The molecule has 0 spiro atoms. The molecule has 1 atom stereocenters. The van der Waals surface area contributed by atoms with Crippen molar-refractivity contribution < 1.29 is 18.9 Å². The van der Waals surface area contributed by atoms with Crippen molar-refractivity contribution in [1.82, 2.24) is 9.97 Å². The van der Waals surface area contributed by atoms with E-state index < -0.39 is 0 Å². The van der Waals surface area contributed by atoms with Gasteiger partial charge in [0.25, 0.3) is 0 Å². The zero-order valence-electron chi connectivity index (χ0n) is 14.0. The first-order valence-corrected chi connectivity index (χ1v) is 7.69. The van der Waals surface area contributed by atoms with Crippen LogP contribution in [0.5, 0.6) is 17.4 Å². The number of aromatic amines is 1. The van der Waals surface area contributed by atoms with Crippen LogP contribution in [0.3, 0.4) is 0 Å². The SMILES string of the molecule is CCOc1ccc(C2C=C(N)Oc3nc(COC)[nH]c32)cc1OC. The first-order valence-electron chi connectivity index (χ1n) is 7.69. The summed E-state index contributed by atoms with van der Waals surface area (Å²) in [4.78, 5) is 7.62. The van der Waals surface area contributed by atoms with Gasteiger partial charge in [-0.2, -0.15) is 4.98 Å². The number of imidazole rings is 1. The number of aromatic nitrogens is 2. The number of nitrogens with one attached hydrogen (secondary N) is 1. The Kier molecular flexibility index (Phi) is 4.61. The molecular weight excluding hydrogens is 310 g/mol. The Labute approximate surface area is 140 Å². The third kappa shape index (κ3) is 3.03. The number of rotatable bonds is 6. The molecule has 1 aromatic heterocycles. The van der Waals surface area contributed by atoms with E-state index in [1.807, 2.05) is 31.2 Å². The Morgan fingerprint density at radius 3 is 2.83 bits per heavy atom. The van der Waals surface area contributed by atoms with Crippen molar-refractivity contribution in [2.24, 2.45) is 5.73 Å². The van der Waals surface area contributed by atoms with E-state index in [9.17, 15) is 0 Å². The molecule has 0 aliphatic carbocycles. The maximum atomic E-state index is 5.91. The Morgan fingerprint density at radius 2 is 2.12 bits per heavy atom. The van der Waals surface area contributed by atoms with Gasteiger partial charge in [0.05, 0.1) is 25.3 Å². The third-order valence-electron chi connectivity index (χ3n) is 3.73. The Morgan fingerprint density at radius 1 is 1.29 bits per heavy atom. The lowest BCUT2D eigenvalue weighted by Crippen LogP contribution is -2.16. The van der Waals surface area contributed by atoms with Gasteiger partial charge in [0, 0.05) is 7.11 Å². The predicted octanol–water partition coefficient (Wildman–Crippen LogP) is 2.29. The highest BCUT2D eigenvalue weighted by atomic mass is 16.5. The molecule has 1 unspecified atom stereocenters. The molecule has 1 aromatic carbocycles. The lowest BCUT2D eigenvalue weighted by atomic mass is 9.94. The lowest BCUT2D eigenvalue weighted by molar-refractivity contribution is 0.178. The summed E-state index contributed by atoms with van der Waals surface area (Å²) < 4.78 is 21.6. The molecule has 0 fully saturated rings. The van der Waals surface area contributed by atoms with Crippen molar-refractivity contribution in [3.63, 3.8) is 0 Å². The second kappa shape index (κ2) is 6.84. The molecule has 128 valence electrons. The second-order valence-electron chi connectivity index (χ2n) is 5.33. The van der Waals surface area contributed by atoms with Crippen LogP contribution in [0.1, 0.15) is 29.9 Å². The first kappa shape index (κ1) is 16.2. The zero-order valence-corrected chi connectivity index (χ0v) is 14.0. The molecular formula is C17H21N3O4. The number of allylic oxidation sites excluding steroid dienone is 1. The van der Waals surface area contributed by atoms with Gasteiger partial charge in [-0.05, 0) is 30.7 Å². The molecule has 0 radical (unpaired) electrons. The first-order chi connectivity index (χ1) is 11.7. The van der Waals surface area contributed by atoms with Crippen LogP contribution >= 0.6 is 0 Å². The molecule has 0 bridgehead atoms. The van der Waals surface area contributed by atoms with E-state index in [1.54, 1.807) is 14.2 Å². The Bertz CT molecular complexity index is 754. The number of ether oxygens (including phenoxy) is 4. The number of hydrogen-bond acceptors (Lipinski definition) is 6. The van der Waals surface area contributed by atoms with Crippen molar-refractivity contribution in [2.75, 3.05) is 20.8 Å². The smallest absolute Gasteiger partial charge is 0.243 e. The third-order valence-corrected chi connectivity index (χ3v) is 3.73. The number of nitrogens with zero attached hydrogens (tertiary/aromatic N) is 1. The van der Waals surface area contributed by atoms with Gasteiger partial charge in [0.1, 0.15) is 12.4 Å². The van der Waals surface area contributed by atoms with Crippen LogP contribution < -0.4 is 19.9 Å². The standard InChI is InChI=1S/C17H21N3O4/c1-4-23-12-6-5-10(7-13(12)22-3)11-8-14(18)24-17-16(11)19-15(20-17)9-21-2/h5-8,11H,4,9,18H2,1-3H3,(H,19,20). The van der Waals surface area contributed by atoms with Crippen LogP contribution in [0.15, 0.2) is 30.2 Å². The van der Waals surface area contributed by atoms with Gasteiger partial charge in [0.15, 0.2) is 17.4 Å². The number of benzene rings is 1. The van der Waals surface area contributed by atoms with Crippen LogP contribution in [-0.4, -0.2) is 30.8 Å². The minimum atomic E-state index is -0.114. The van der Waals surface area contributed by atoms with E-state index in [-0.39, 0.29) is 5.92 Å². The summed E-state index contributed by atoms with van der Waals surface area (Å²) in [6.07, 6.45) is 1.84. The van der Waals surface area contributed by atoms with Crippen LogP contribution in [0.4, 0.5) is 0 Å². The van der Waals surface area contributed by atoms with Crippen LogP contribution in [0.2, 0.25) is 0 Å². The van der Waals surface area contributed by atoms with E-state index in [0.717, 1.165) is 11.3 Å². The molecule has 24 heavy (non-hydrogen) atoms. The summed E-state index contributed by atoms with van der Waals surface area (Å²) in [7, 11) is 3.23. The van der Waals surface area contributed by atoms with Gasteiger partial charge in [-0.3, -0.25) is 0 Å². The normalized spacial score (nSPS) is 16.1. The van der Waals surface area contributed by atoms with Crippen molar-refractivity contribution in [2.45, 2.75) is 19.4 Å².